The van der Waals surface area contributed by atoms with E-state index in [9.17, 15) is 39.2 Å². The van der Waals surface area contributed by atoms with Crippen LogP contribution >= 0.6 is 0 Å². The van der Waals surface area contributed by atoms with Gasteiger partial charge in [-0.1, -0.05) is 24.3 Å². The highest BCUT2D eigenvalue weighted by Gasteiger charge is 2.63. The van der Waals surface area contributed by atoms with Crippen molar-refractivity contribution in [2.75, 3.05) is 21.2 Å². The molecule has 1 amide bonds. The van der Waals surface area contributed by atoms with E-state index in [2.05, 4.69) is 5.32 Å². The maximum atomic E-state index is 14.2. The molecule has 0 spiro atoms. The number of likely N-dealkylation sites (N-methyl/N-ethyl adjacent to an activating group) is 1. The van der Waals surface area contributed by atoms with E-state index >= 15 is 0 Å². The highest BCUT2D eigenvalue weighted by molar-refractivity contribution is 6.25. The van der Waals surface area contributed by atoms with E-state index in [0.29, 0.717) is 35.5 Å². The van der Waals surface area contributed by atoms with Crippen molar-refractivity contribution >= 4 is 17.5 Å². The monoisotopic (exact) mass is 657 g/mol. The van der Waals surface area contributed by atoms with E-state index in [1.165, 1.54) is 30.2 Å². The van der Waals surface area contributed by atoms with Crippen LogP contribution in [0.5, 0.6) is 11.5 Å². The first kappa shape index (κ1) is 32.9. The van der Waals surface area contributed by atoms with Crippen molar-refractivity contribution in [3.05, 3.63) is 105 Å². The second kappa shape index (κ2) is 12.2. The highest BCUT2D eigenvalue weighted by Crippen LogP contribution is 2.53. The number of nitrogens with zero attached hydrogens (tertiary/aromatic N) is 1. The number of aromatic hydroxyl groups is 1. The van der Waals surface area contributed by atoms with Crippen LogP contribution in [0.25, 0.3) is 11.1 Å². The van der Waals surface area contributed by atoms with Crippen molar-refractivity contribution < 1.29 is 43.9 Å². The normalized spacial score (nSPS) is 23.6. The van der Waals surface area contributed by atoms with Gasteiger partial charge in [0, 0.05) is 30.1 Å². The average molecular weight is 658 g/mol. The zero-order chi connectivity index (χ0) is 34.7. The number of nitrogens with one attached hydrogen (secondary N) is 1. The van der Waals surface area contributed by atoms with Gasteiger partial charge < -0.3 is 36.2 Å². The van der Waals surface area contributed by atoms with Gasteiger partial charge in [0.2, 0.25) is 5.78 Å². The van der Waals surface area contributed by atoms with E-state index in [1.807, 2.05) is 18.2 Å². The van der Waals surface area contributed by atoms with Gasteiger partial charge in [-0.05, 0) is 85.4 Å². The molecule has 0 saturated carbocycles. The molecule has 3 aliphatic carbocycles. The minimum Gasteiger partial charge on any atom is -0.510 e. The first-order chi connectivity index (χ1) is 22.8. The van der Waals surface area contributed by atoms with Gasteiger partial charge in [-0.3, -0.25) is 19.3 Å². The fourth-order valence-electron chi connectivity index (χ4n) is 7.58. The van der Waals surface area contributed by atoms with E-state index < -0.39 is 58.0 Å². The molecule has 48 heavy (non-hydrogen) atoms. The van der Waals surface area contributed by atoms with Crippen molar-refractivity contribution in [1.82, 2.24) is 10.2 Å². The SMILES string of the molecule is COc1ccc(CNCc2cccc(F)c2)cc1-c1ccc(O)c2c1C[C@@H]1C[C@@H]3C(N(C)C)C(O)=C(C(N)=O)C(=O)[C@@]3(O)C(O)=C1C2=O. The molecule has 11 nitrogen and oxygen atoms in total. The number of carbonyl (C=O) groups is 3. The van der Waals surface area contributed by atoms with Crippen LogP contribution in [-0.4, -0.2) is 75.6 Å². The van der Waals surface area contributed by atoms with Gasteiger partial charge in [0.15, 0.2) is 11.4 Å². The molecule has 250 valence electrons. The lowest BCUT2D eigenvalue weighted by Gasteiger charge is -2.50. The van der Waals surface area contributed by atoms with Crippen molar-refractivity contribution in [1.29, 1.82) is 0 Å². The number of aliphatic hydroxyl groups excluding tert-OH is 2. The topological polar surface area (TPSA) is 183 Å². The van der Waals surface area contributed by atoms with E-state index in [0.717, 1.165) is 11.1 Å². The number of allylic oxidation sites excluding steroid dienone is 1. The summed E-state index contributed by atoms with van der Waals surface area (Å²) >= 11 is 0. The molecule has 6 rings (SSSR count). The Morgan fingerprint density at radius 1 is 1.04 bits per heavy atom. The molecule has 0 radical (unpaired) electrons. The zero-order valence-corrected chi connectivity index (χ0v) is 26.6. The van der Waals surface area contributed by atoms with Gasteiger partial charge in [0.25, 0.3) is 5.91 Å². The summed E-state index contributed by atoms with van der Waals surface area (Å²) in [5, 5.41) is 48.7. The van der Waals surface area contributed by atoms with Crippen molar-refractivity contribution in [3.63, 3.8) is 0 Å². The number of fused-ring (bicyclic) bond motifs is 3. The van der Waals surface area contributed by atoms with E-state index in [4.69, 9.17) is 10.5 Å². The van der Waals surface area contributed by atoms with Crippen LogP contribution in [0, 0.1) is 17.7 Å². The third-order valence-corrected chi connectivity index (χ3v) is 9.71. The standard InChI is InChI=1S/C36H36FN3O8/c1-40(2)30-24-14-19-13-23-21(22-12-18(7-10-26(22)48-3)16-39-15-17-5-4-6-20(37)11-17)8-9-25(41)28(23)31(42)27(19)33(44)36(24,47)34(45)29(32(30)43)35(38)46/h4-12,19,24,30,39,41,43-44,47H,13-16H2,1-3H3,(H2,38,46)/t19-,24-,30?,36+/m1/s1. The van der Waals surface area contributed by atoms with E-state index in [-0.39, 0.29) is 35.5 Å². The van der Waals surface area contributed by atoms with Crippen LogP contribution in [0.15, 0.2) is 77.3 Å². The third-order valence-electron chi connectivity index (χ3n) is 9.71. The number of halogens is 1. The quantitative estimate of drug-likeness (QED) is 0.197. The zero-order valence-electron chi connectivity index (χ0n) is 26.6. The summed E-state index contributed by atoms with van der Waals surface area (Å²) in [7, 11) is 4.67. The van der Waals surface area contributed by atoms with Gasteiger partial charge >= 0.3 is 0 Å². The molecule has 0 aliphatic heterocycles. The molecule has 0 heterocycles. The molecule has 0 fully saturated rings. The number of phenolic OH excluding ortho intramolecular Hbond substituents is 1. The second-order valence-electron chi connectivity index (χ2n) is 12.7. The van der Waals surface area contributed by atoms with E-state index in [1.54, 1.807) is 32.3 Å². The second-order valence-corrected chi connectivity index (χ2v) is 12.7. The van der Waals surface area contributed by atoms with Crippen LogP contribution in [0.4, 0.5) is 4.39 Å². The Balaban J connectivity index is 1.42. The molecular weight excluding hydrogens is 621 g/mol. The Labute approximate surface area is 275 Å². The minimum atomic E-state index is -2.71. The molecule has 1 unspecified atom stereocenters. The van der Waals surface area contributed by atoms with Crippen molar-refractivity contribution in [2.24, 2.45) is 17.6 Å². The molecule has 0 bridgehead atoms. The van der Waals surface area contributed by atoms with Crippen LogP contribution < -0.4 is 15.8 Å². The van der Waals surface area contributed by atoms with Gasteiger partial charge in [-0.15, -0.1) is 0 Å². The van der Waals surface area contributed by atoms with Gasteiger partial charge in [0.05, 0.1) is 18.7 Å². The van der Waals surface area contributed by atoms with Crippen LogP contribution in [-0.2, 0) is 29.1 Å². The maximum Gasteiger partial charge on any atom is 0.255 e. The first-order valence-corrected chi connectivity index (χ1v) is 15.4. The van der Waals surface area contributed by atoms with Gasteiger partial charge in [-0.25, -0.2) is 4.39 Å². The number of aliphatic hydroxyl groups is 3. The first-order valence-electron chi connectivity index (χ1n) is 15.4. The smallest absolute Gasteiger partial charge is 0.255 e. The lowest BCUT2D eigenvalue weighted by molar-refractivity contribution is -0.148. The maximum absolute atomic E-state index is 14.2. The predicted octanol–water partition coefficient (Wildman–Crippen LogP) is 3.23. The van der Waals surface area contributed by atoms with Crippen LogP contribution in [0.2, 0.25) is 0 Å². The summed E-state index contributed by atoms with van der Waals surface area (Å²) in [5.41, 5.74) is 4.89. The van der Waals surface area contributed by atoms with Crippen molar-refractivity contribution in [3.8, 4) is 22.6 Å². The number of benzene rings is 3. The summed E-state index contributed by atoms with van der Waals surface area (Å²) in [5.74, 6) is -6.91. The molecule has 4 atom stereocenters. The van der Waals surface area contributed by atoms with Gasteiger partial charge in [-0.2, -0.15) is 0 Å². The Kier molecular flexibility index (Phi) is 8.36. The third kappa shape index (κ3) is 5.13. The lowest BCUT2D eigenvalue weighted by atomic mass is 9.58. The fraction of sp³-hybridized carbons (Fsp3) is 0.306. The summed E-state index contributed by atoms with van der Waals surface area (Å²) in [6.07, 6.45) is 0.103. The highest BCUT2D eigenvalue weighted by atomic mass is 19.1. The number of Topliss-reactive ketones (excluding diaryl/α,β-unsaturated/α-hetero) is 2. The number of ether oxygens (including phenoxy) is 1. The Morgan fingerprint density at radius 3 is 2.40 bits per heavy atom. The number of carbonyl (C=O) groups excluding carboxylic acids is 3. The minimum absolute atomic E-state index is 0.0258. The molecule has 0 saturated heterocycles. The Bertz CT molecular complexity index is 1940. The lowest BCUT2D eigenvalue weighted by Crippen LogP contribution is -2.63. The number of amides is 1. The number of nitrogens with two attached hydrogens (primary N) is 1. The fourth-order valence-corrected chi connectivity index (χ4v) is 7.58. The largest absolute Gasteiger partial charge is 0.510 e. The number of hydrogen-bond donors (Lipinski definition) is 6. The number of primary amides is 1. The van der Waals surface area contributed by atoms with Crippen LogP contribution in [0.3, 0.4) is 0 Å². The number of ketones is 2. The summed E-state index contributed by atoms with van der Waals surface area (Å²) < 4.78 is 19.3. The summed E-state index contributed by atoms with van der Waals surface area (Å²) in [6, 6.07) is 13.8. The molecule has 0 aromatic heterocycles. The molecule has 7 N–H and O–H groups in total. The Morgan fingerprint density at radius 2 is 1.75 bits per heavy atom. The molecular formula is C36H36FN3O8. The molecule has 12 heteroatoms. The van der Waals surface area contributed by atoms with Gasteiger partial charge in [0.1, 0.15) is 34.4 Å². The summed E-state index contributed by atoms with van der Waals surface area (Å²) in [6.45, 7) is 0.860. The van der Waals surface area contributed by atoms with Crippen molar-refractivity contribution in [2.45, 2.75) is 37.6 Å². The number of phenols is 1. The molecule has 3 aliphatic rings. The summed E-state index contributed by atoms with van der Waals surface area (Å²) in [4.78, 5) is 41.5. The average Bonchev–Trinajstić information content (AvgIpc) is 3.02. The molecule has 3 aromatic carbocycles. The number of hydrogen-bond acceptors (Lipinski definition) is 10. The number of rotatable bonds is 8. The number of methoxy groups -OCH3 is 1. The molecule has 3 aromatic rings. The predicted molar refractivity (Wildman–Crippen MR) is 173 cm³/mol. The Hall–Kier alpha value is -5.04. The van der Waals surface area contributed by atoms with Crippen LogP contribution in [0.1, 0.15) is 33.5 Å².